The van der Waals surface area contributed by atoms with Crippen molar-refractivity contribution >= 4 is 20.9 Å². The third kappa shape index (κ3) is 2.72. The average molecular weight is 387 g/mol. The second-order valence-corrected chi connectivity index (χ2v) is 10.4. The molecule has 4 bridgehead atoms. The molecule has 4 fully saturated rings. The maximum absolute atomic E-state index is 13.1. The Bertz CT molecular complexity index is 939. The minimum atomic E-state index is -3.66. The first kappa shape index (κ1) is 17.6. The number of nitrogens with zero attached hydrogens (tertiary/aromatic N) is 1. The van der Waals surface area contributed by atoms with Gasteiger partial charge in [0.1, 0.15) is 4.90 Å². The van der Waals surface area contributed by atoms with Gasteiger partial charge in [-0.05, 0) is 67.9 Å². The van der Waals surface area contributed by atoms with Crippen molar-refractivity contribution in [2.45, 2.75) is 42.6 Å². The van der Waals surface area contributed by atoms with E-state index in [0.717, 1.165) is 17.2 Å². The monoisotopic (exact) mass is 386 g/mol. The molecule has 1 N–H and O–H groups in total. The lowest BCUT2D eigenvalue weighted by Crippen LogP contribution is -2.63. The smallest absolute Gasteiger partial charge is 0.242 e. The number of hydrogen-bond donors (Lipinski definition) is 1. The maximum Gasteiger partial charge on any atom is 0.242 e. The van der Waals surface area contributed by atoms with Crippen LogP contribution in [0.15, 0.2) is 41.4 Å². The number of nitrogens with one attached hydrogen (secondary N) is 1. The molecular formula is C21H26N2O3S. The van der Waals surface area contributed by atoms with Gasteiger partial charge in [-0.15, -0.1) is 0 Å². The number of benzene rings is 1. The van der Waals surface area contributed by atoms with Crippen molar-refractivity contribution in [3.05, 3.63) is 36.5 Å². The van der Waals surface area contributed by atoms with Crippen LogP contribution in [-0.2, 0) is 14.8 Å². The molecule has 1 aromatic heterocycles. The number of aromatic nitrogens is 1. The molecule has 1 heterocycles. The third-order valence-electron chi connectivity index (χ3n) is 7.32. The van der Waals surface area contributed by atoms with Crippen molar-refractivity contribution in [2.75, 3.05) is 13.7 Å². The Kier molecular flexibility index (Phi) is 4.08. The SMILES string of the molecule is COC1(CNS(=O)(=O)c2cccc3cccnc23)C2CC3CC(C2)CC1C3. The summed E-state index contributed by atoms with van der Waals surface area (Å²) in [4.78, 5) is 4.55. The van der Waals surface area contributed by atoms with Gasteiger partial charge in [-0.3, -0.25) is 4.98 Å². The molecule has 144 valence electrons. The molecular weight excluding hydrogens is 360 g/mol. The molecule has 4 aliphatic rings. The molecule has 0 atom stereocenters. The highest BCUT2D eigenvalue weighted by molar-refractivity contribution is 7.89. The summed E-state index contributed by atoms with van der Waals surface area (Å²) >= 11 is 0. The Morgan fingerprint density at radius 1 is 1.07 bits per heavy atom. The number of ether oxygens (including phenoxy) is 1. The van der Waals surface area contributed by atoms with E-state index in [4.69, 9.17) is 4.74 Å². The minimum absolute atomic E-state index is 0.246. The van der Waals surface area contributed by atoms with Gasteiger partial charge in [0.2, 0.25) is 10.0 Å². The van der Waals surface area contributed by atoms with Gasteiger partial charge >= 0.3 is 0 Å². The molecule has 2 aromatic rings. The molecule has 6 rings (SSSR count). The van der Waals surface area contributed by atoms with E-state index in [1.165, 1.54) is 32.1 Å². The van der Waals surface area contributed by atoms with Crippen molar-refractivity contribution in [1.29, 1.82) is 0 Å². The minimum Gasteiger partial charge on any atom is -0.376 e. The van der Waals surface area contributed by atoms with E-state index < -0.39 is 10.0 Å². The summed E-state index contributed by atoms with van der Waals surface area (Å²) in [5.41, 5.74) is 0.155. The van der Waals surface area contributed by atoms with E-state index in [2.05, 4.69) is 9.71 Å². The van der Waals surface area contributed by atoms with Crippen LogP contribution in [0.3, 0.4) is 0 Å². The second kappa shape index (κ2) is 6.26. The van der Waals surface area contributed by atoms with Crippen molar-refractivity contribution in [1.82, 2.24) is 9.71 Å². The van der Waals surface area contributed by atoms with Gasteiger partial charge in [-0.25, -0.2) is 13.1 Å². The predicted octanol–water partition coefficient (Wildman–Crippen LogP) is 3.35. The highest BCUT2D eigenvalue weighted by Crippen LogP contribution is 2.59. The molecule has 0 radical (unpaired) electrons. The van der Waals surface area contributed by atoms with Gasteiger partial charge in [0.15, 0.2) is 0 Å². The van der Waals surface area contributed by atoms with Crippen LogP contribution in [0.25, 0.3) is 10.9 Å². The first-order valence-corrected chi connectivity index (χ1v) is 11.4. The Balaban J connectivity index is 1.44. The number of rotatable bonds is 5. The lowest BCUT2D eigenvalue weighted by atomic mass is 9.50. The van der Waals surface area contributed by atoms with Crippen LogP contribution < -0.4 is 4.72 Å². The summed E-state index contributed by atoms with van der Waals surface area (Å²) in [5, 5.41) is 0.830. The normalized spacial score (nSPS) is 35.0. The average Bonchev–Trinajstić information content (AvgIpc) is 2.67. The molecule has 0 aliphatic heterocycles. The summed E-state index contributed by atoms with van der Waals surface area (Å²) in [6.45, 7) is 0.351. The van der Waals surface area contributed by atoms with Gasteiger partial charge in [0.05, 0.1) is 11.1 Å². The first-order valence-electron chi connectivity index (χ1n) is 9.90. The fraction of sp³-hybridized carbons (Fsp3) is 0.571. The number of methoxy groups -OCH3 is 1. The number of hydrogen-bond acceptors (Lipinski definition) is 4. The van der Waals surface area contributed by atoms with Gasteiger partial charge in [-0.1, -0.05) is 18.2 Å². The van der Waals surface area contributed by atoms with E-state index in [9.17, 15) is 8.42 Å². The van der Waals surface area contributed by atoms with Crippen molar-refractivity contribution in [2.24, 2.45) is 23.7 Å². The Morgan fingerprint density at radius 2 is 1.74 bits per heavy atom. The molecule has 0 saturated heterocycles. The Labute approximate surface area is 160 Å². The van der Waals surface area contributed by atoms with E-state index in [0.29, 0.717) is 23.9 Å². The molecule has 0 spiro atoms. The molecule has 4 aliphatic carbocycles. The summed E-state index contributed by atoms with van der Waals surface area (Å²) in [5.74, 6) is 2.56. The summed E-state index contributed by atoms with van der Waals surface area (Å²) < 4.78 is 35.3. The predicted molar refractivity (Wildman–Crippen MR) is 104 cm³/mol. The highest BCUT2D eigenvalue weighted by Gasteiger charge is 2.57. The fourth-order valence-corrected chi connectivity index (χ4v) is 7.51. The topological polar surface area (TPSA) is 68.3 Å². The van der Waals surface area contributed by atoms with Crippen LogP contribution in [0.4, 0.5) is 0 Å². The summed E-state index contributed by atoms with van der Waals surface area (Å²) in [7, 11) is -1.90. The quantitative estimate of drug-likeness (QED) is 0.856. The zero-order valence-electron chi connectivity index (χ0n) is 15.6. The van der Waals surface area contributed by atoms with Gasteiger partial charge in [-0.2, -0.15) is 0 Å². The zero-order valence-corrected chi connectivity index (χ0v) is 16.4. The molecule has 0 amide bonds. The molecule has 1 aromatic carbocycles. The van der Waals surface area contributed by atoms with Crippen LogP contribution in [0.2, 0.25) is 0 Å². The van der Waals surface area contributed by atoms with E-state index in [-0.39, 0.29) is 10.5 Å². The molecule has 5 nitrogen and oxygen atoms in total. The van der Waals surface area contributed by atoms with Crippen LogP contribution in [0.5, 0.6) is 0 Å². The largest absolute Gasteiger partial charge is 0.376 e. The molecule has 27 heavy (non-hydrogen) atoms. The molecule has 0 unspecified atom stereocenters. The van der Waals surface area contributed by atoms with E-state index >= 15 is 0 Å². The van der Waals surface area contributed by atoms with Gasteiger partial charge in [0.25, 0.3) is 0 Å². The van der Waals surface area contributed by atoms with Gasteiger partial charge in [0, 0.05) is 25.2 Å². The lowest BCUT2D eigenvalue weighted by Gasteiger charge is -2.60. The fourth-order valence-electron chi connectivity index (χ4n) is 6.25. The van der Waals surface area contributed by atoms with E-state index in [1.807, 2.05) is 18.2 Å². The molecule has 4 saturated carbocycles. The number of fused-ring (bicyclic) bond motifs is 1. The third-order valence-corrected chi connectivity index (χ3v) is 8.76. The summed E-state index contributed by atoms with van der Waals surface area (Å²) in [6, 6.07) is 8.99. The number of sulfonamides is 1. The van der Waals surface area contributed by atoms with Gasteiger partial charge < -0.3 is 4.74 Å². The number of para-hydroxylation sites is 1. The van der Waals surface area contributed by atoms with Crippen molar-refractivity contribution in [3.63, 3.8) is 0 Å². The Hall–Kier alpha value is -1.50. The zero-order chi connectivity index (χ0) is 18.6. The van der Waals surface area contributed by atoms with Crippen LogP contribution in [-0.4, -0.2) is 32.7 Å². The van der Waals surface area contributed by atoms with E-state index in [1.54, 1.807) is 25.4 Å². The first-order chi connectivity index (χ1) is 13.0. The second-order valence-electron chi connectivity index (χ2n) is 8.62. The van der Waals surface area contributed by atoms with Crippen molar-refractivity contribution < 1.29 is 13.2 Å². The highest BCUT2D eigenvalue weighted by atomic mass is 32.2. The van der Waals surface area contributed by atoms with Crippen LogP contribution >= 0.6 is 0 Å². The standard InChI is InChI=1S/C21H26N2O3S/c1-26-21(17-9-14-8-15(11-17)12-18(21)10-14)13-23-27(24,25)19-6-2-4-16-5-3-7-22-20(16)19/h2-7,14-15,17-18,23H,8-13H2,1H3. The molecule has 6 heteroatoms. The van der Waals surface area contributed by atoms with Crippen LogP contribution in [0.1, 0.15) is 32.1 Å². The van der Waals surface area contributed by atoms with Crippen LogP contribution in [0, 0.1) is 23.7 Å². The summed E-state index contributed by atoms with van der Waals surface area (Å²) in [6.07, 6.45) is 7.71. The maximum atomic E-state index is 13.1. The van der Waals surface area contributed by atoms with Crippen molar-refractivity contribution in [3.8, 4) is 0 Å². The lowest BCUT2D eigenvalue weighted by molar-refractivity contribution is -0.185. The Morgan fingerprint density at radius 3 is 2.41 bits per heavy atom. The number of pyridine rings is 1.